The normalized spacial score (nSPS) is 26.3. The quantitative estimate of drug-likeness (QED) is 0.865. The number of carbonyl (C=O) groups is 1. The maximum absolute atomic E-state index is 13.2. The van der Waals surface area contributed by atoms with E-state index in [-0.39, 0.29) is 10.2 Å². The lowest BCUT2D eigenvalue weighted by Gasteiger charge is -2.21. The molecular formula is C9H9BrF2O3. The van der Waals surface area contributed by atoms with Gasteiger partial charge >= 0.3 is 5.97 Å². The van der Waals surface area contributed by atoms with E-state index in [9.17, 15) is 13.6 Å². The van der Waals surface area contributed by atoms with Crippen LogP contribution in [0.2, 0.25) is 0 Å². The van der Waals surface area contributed by atoms with Gasteiger partial charge in [-0.1, -0.05) is 22.9 Å². The van der Waals surface area contributed by atoms with Crippen LogP contribution in [0.5, 0.6) is 0 Å². The molecule has 0 radical (unpaired) electrons. The van der Waals surface area contributed by atoms with Gasteiger partial charge in [0, 0.05) is 10.4 Å². The highest BCUT2D eigenvalue weighted by Crippen LogP contribution is 2.36. The van der Waals surface area contributed by atoms with Gasteiger partial charge in [0.1, 0.15) is 6.17 Å². The monoisotopic (exact) mass is 282 g/mol. The first kappa shape index (κ1) is 12.2. The van der Waals surface area contributed by atoms with Crippen molar-refractivity contribution in [1.82, 2.24) is 0 Å². The Labute approximate surface area is 93.5 Å². The molecule has 0 spiro atoms. The van der Waals surface area contributed by atoms with Crippen LogP contribution in [0.1, 0.15) is 6.92 Å². The minimum Gasteiger partial charge on any atom is -0.479 e. The van der Waals surface area contributed by atoms with Crippen LogP contribution in [0.25, 0.3) is 0 Å². The molecule has 2 unspecified atom stereocenters. The predicted molar refractivity (Wildman–Crippen MR) is 52.8 cm³/mol. The molecule has 0 saturated heterocycles. The lowest BCUT2D eigenvalue weighted by molar-refractivity contribution is -0.140. The third-order valence-corrected chi connectivity index (χ3v) is 3.04. The number of carboxylic acid groups (broad SMARTS) is 1. The molecule has 0 heterocycles. The van der Waals surface area contributed by atoms with Gasteiger partial charge in [-0.2, -0.15) is 0 Å². The molecule has 0 aromatic rings. The summed E-state index contributed by atoms with van der Waals surface area (Å²) >= 11 is 2.99. The lowest BCUT2D eigenvalue weighted by Crippen LogP contribution is -2.19. The van der Waals surface area contributed by atoms with Gasteiger partial charge < -0.3 is 9.84 Å². The number of allylic oxidation sites excluding steroid dienone is 3. The van der Waals surface area contributed by atoms with Gasteiger partial charge in [-0.25, -0.2) is 13.6 Å². The minimum absolute atomic E-state index is 0.205. The SMILES string of the molecule is CC1C(Br)=C(OCC(=O)O)C(F)=CC1F. The number of hydrogen-bond donors (Lipinski definition) is 1. The van der Waals surface area contributed by atoms with E-state index in [1.54, 1.807) is 6.92 Å². The number of halogens is 3. The molecule has 0 saturated carbocycles. The van der Waals surface area contributed by atoms with Crippen molar-refractivity contribution in [2.24, 2.45) is 5.92 Å². The molecule has 6 heteroatoms. The molecule has 1 aliphatic carbocycles. The summed E-state index contributed by atoms with van der Waals surface area (Å²) in [7, 11) is 0. The van der Waals surface area contributed by atoms with E-state index in [1.807, 2.05) is 0 Å². The van der Waals surface area contributed by atoms with E-state index in [4.69, 9.17) is 9.84 Å². The predicted octanol–water partition coefficient (Wildman–Crippen LogP) is 2.54. The Bertz CT molecular complexity index is 338. The summed E-state index contributed by atoms with van der Waals surface area (Å²) in [6, 6.07) is 0. The second-order valence-electron chi connectivity index (χ2n) is 3.11. The van der Waals surface area contributed by atoms with Gasteiger partial charge in [0.15, 0.2) is 18.2 Å². The van der Waals surface area contributed by atoms with E-state index < -0.39 is 30.5 Å². The van der Waals surface area contributed by atoms with Crippen LogP contribution >= 0.6 is 15.9 Å². The van der Waals surface area contributed by atoms with E-state index >= 15 is 0 Å². The highest BCUT2D eigenvalue weighted by atomic mass is 79.9. The number of ether oxygens (including phenoxy) is 1. The topological polar surface area (TPSA) is 46.5 Å². The Balaban J connectivity index is 2.85. The highest BCUT2D eigenvalue weighted by Gasteiger charge is 2.29. The van der Waals surface area contributed by atoms with Crippen LogP contribution in [0, 0.1) is 5.92 Å². The highest BCUT2D eigenvalue weighted by molar-refractivity contribution is 9.11. The Morgan fingerprint density at radius 3 is 2.87 bits per heavy atom. The standard InChI is InChI=1S/C9H9BrF2O3/c1-4-5(11)2-6(12)9(8(4)10)15-3-7(13)14/h2,4-5H,3H2,1H3,(H,13,14). The Kier molecular flexibility index (Phi) is 3.84. The van der Waals surface area contributed by atoms with Crippen LogP contribution < -0.4 is 0 Å². The molecule has 84 valence electrons. The second-order valence-corrected chi connectivity index (χ2v) is 3.96. The lowest BCUT2D eigenvalue weighted by atomic mass is 9.99. The molecule has 1 aliphatic rings. The van der Waals surface area contributed by atoms with Crippen LogP contribution in [-0.2, 0) is 9.53 Å². The van der Waals surface area contributed by atoms with E-state index in [0.717, 1.165) is 6.08 Å². The summed E-state index contributed by atoms with van der Waals surface area (Å²) in [5.74, 6) is -2.91. The van der Waals surface area contributed by atoms with E-state index in [1.165, 1.54) is 0 Å². The zero-order valence-electron chi connectivity index (χ0n) is 7.84. The fourth-order valence-electron chi connectivity index (χ4n) is 1.09. The summed E-state index contributed by atoms with van der Waals surface area (Å²) in [4.78, 5) is 10.2. The summed E-state index contributed by atoms with van der Waals surface area (Å²) in [6.07, 6.45) is -0.663. The van der Waals surface area contributed by atoms with Gasteiger partial charge in [-0.3, -0.25) is 0 Å². The first-order chi connectivity index (χ1) is 6.93. The van der Waals surface area contributed by atoms with Crippen molar-refractivity contribution in [1.29, 1.82) is 0 Å². The fraction of sp³-hybridized carbons (Fsp3) is 0.444. The maximum Gasteiger partial charge on any atom is 0.341 e. The van der Waals surface area contributed by atoms with Crippen molar-refractivity contribution in [3.05, 3.63) is 22.1 Å². The van der Waals surface area contributed by atoms with Gasteiger partial charge in [0.05, 0.1) is 0 Å². The Morgan fingerprint density at radius 1 is 1.73 bits per heavy atom. The van der Waals surface area contributed by atoms with Crippen LogP contribution in [0.15, 0.2) is 22.1 Å². The summed E-state index contributed by atoms with van der Waals surface area (Å²) in [5, 5.41) is 8.36. The molecule has 0 aromatic carbocycles. The molecule has 0 aliphatic heterocycles. The number of carboxylic acids is 1. The van der Waals surface area contributed by atoms with Crippen LogP contribution in [-0.4, -0.2) is 23.9 Å². The van der Waals surface area contributed by atoms with Gasteiger partial charge in [0.25, 0.3) is 0 Å². The van der Waals surface area contributed by atoms with Crippen LogP contribution in [0.3, 0.4) is 0 Å². The van der Waals surface area contributed by atoms with Gasteiger partial charge in [-0.15, -0.1) is 0 Å². The zero-order chi connectivity index (χ0) is 11.6. The van der Waals surface area contributed by atoms with Crippen LogP contribution in [0.4, 0.5) is 8.78 Å². The average Bonchev–Trinajstić information content (AvgIpc) is 2.14. The molecule has 1 rings (SSSR count). The second kappa shape index (κ2) is 4.74. The number of rotatable bonds is 3. The molecule has 0 aromatic heterocycles. The first-order valence-corrected chi connectivity index (χ1v) is 4.98. The van der Waals surface area contributed by atoms with Gasteiger partial charge in [-0.05, 0) is 6.08 Å². The van der Waals surface area contributed by atoms with Crippen molar-refractivity contribution >= 4 is 21.9 Å². The maximum atomic E-state index is 13.2. The first-order valence-electron chi connectivity index (χ1n) is 4.19. The fourth-order valence-corrected chi connectivity index (χ4v) is 1.65. The summed E-state index contributed by atoms with van der Waals surface area (Å²) in [6.45, 7) is 0.886. The van der Waals surface area contributed by atoms with E-state index in [2.05, 4.69) is 15.9 Å². The molecular weight excluding hydrogens is 274 g/mol. The van der Waals surface area contributed by atoms with E-state index in [0.29, 0.717) is 0 Å². The Morgan fingerprint density at radius 2 is 2.33 bits per heavy atom. The molecule has 2 atom stereocenters. The van der Waals surface area contributed by atoms with Crippen molar-refractivity contribution in [3.63, 3.8) is 0 Å². The molecule has 0 amide bonds. The Hall–Kier alpha value is -0.910. The minimum atomic E-state index is -1.43. The molecule has 0 bridgehead atoms. The van der Waals surface area contributed by atoms with Crippen molar-refractivity contribution in [3.8, 4) is 0 Å². The average molecular weight is 283 g/mol. The number of alkyl halides is 1. The number of aliphatic carboxylic acids is 1. The third-order valence-electron chi connectivity index (χ3n) is 1.96. The molecule has 0 fully saturated rings. The zero-order valence-corrected chi connectivity index (χ0v) is 9.42. The van der Waals surface area contributed by atoms with Crippen molar-refractivity contribution < 1.29 is 23.4 Å². The number of hydrogen-bond acceptors (Lipinski definition) is 2. The third kappa shape index (κ3) is 2.77. The molecule has 1 N–H and O–H groups in total. The van der Waals surface area contributed by atoms with Crippen molar-refractivity contribution in [2.45, 2.75) is 13.1 Å². The largest absolute Gasteiger partial charge is 0.479 e. The summed E-state index contributed by atoms with van der Waals surface area (Å²) in [5.41, 5.74) is 0. The smallest absolute Gasteiger partial charge is 0.341 e. The van der Waals surface area contributed by atoms with Crippen molar-refractivity contribution in [2.75, 3.05) is 6.61 Å². The summed E-state index contributed by atoms with van der Waals surface area (Å²) < 4.78 is 31.2. The van der Waals surface area contributed by atoms with Gasteiger partial charge in [0.2, 0.25) is 0 Å². The molecule has 3 nitrogen and oxygen atoms in total. The molecule has 15 heavy (non-hydrogen) atoms.